The molecule has 1 saturated carbocycles. The van der Waals surface area contributed by atoms with Crippen LogP contribution in [0.4, 0.5) is 10.1 Å². The van der Waals surface area contributed by atoms with Crippen LogP contribution in [0, 0.1) is 18.7 Å². The molecule has 4 rings (SSSR count). The third kappa shape index (κ3) is 4.25. The fraction of sp³-hybridized carbons (Fsp3) is 0.261. The maximum absolute atomic E-state index is 13.2. The summed E-state index contributed by atoms with van der Waals surface area (Å²) in [6.45, 7) is 3.80. The molecule has 0 spiro atoms. The summed E-state index contributed by atoms with van der Waals surface area (Å²) >= 11 is 0. The predicted octanol–water partition coefficient (Wildman–Crippen LogP) is 4.16. The lowest BCUT2D eigenvalue weighted by Crippen LogP contribution is -2.27. The fourth-order valence-corrected chi connectivity index (χ4v) is 3.34. The Kier molecular flexibility index (Phi) is 5.35. The van der Waals surface area contributed by atoms with Gasteiger partial charge in [0, 0.05) is 28.4 Å². The number of halogens is 1. The summed E-state index contributed by atoms with van der Waals surface area (Å²) in [5.74, 6) is -0.346. The van der Waals surface area contributed by atoms with Crippen molar-refractivity contribution in [2.45, 2.75) is 32.7 Å². The quantitative estimate of drug-likeness (QED) is 0.645. The summed E-state index contributed by atoms with van der Waals surface area (Å²) < 4.78 is 14.9. The van der Waals surface area contributed by atoms with Gasteiger partial charge in [-0.25, -0.2) is 9.07 Å². The Morgan fingerprint density at radius 1 is 1.10 bits per heavy atom. The zero-order valence-corrected chi connectivity index (χ0v) is 16.9. The van der Waals surface area contributed by atoms with Crippen molar-refractivity contribution in [3.05, 3.63) is 77.4 Å². The molecule has 1 atom stereocenters. The number of aromatic nitrogens is 2. The van der Waals surface area contributed by atoms with Crippen LogP contribution in [-0.2, 0) is 4.79 Å². The van der Waals surface area contributed by atoms with Gasteiger partial charge in [-0.15, -0.1) is 0 Å². The SMILES string of the molecule is Cc1c(C(C)NC(=O)c2ccc(NC(=O)C3CC3)cc2)cnn1-c1ccc(F)cc1. The highest BCUT2D eigenvalue weighted by molar-refractivity contribution is 5.97. The smallest absolute Gasteiger partial charge is 0.251 e. The summed E-state index contributed by atoms with van der Waals surface area (Å²) in [4.78, 5) is 24.5. The molecule has 3 aromatic rings. The second-order valence-electron chi connectivity index (χ2n) is 7.61. The van der Waals surface area contributed by atoms with Crippen LogP contribution in [0.2, 0.25) is 0 Å². The van der Waals surface area contributed by atoms with E-state index in [1.165, 1.54) is 12.1 Å². The van der Waals surface area contributed by atoms with Crippen molar-refractivity contribution < 1.29 is 14.0 Å². The van der Waals surface area contributed by atoms with Gasteiger partial charge in [0.1, 0.15) is 5.82 Å². The molecule has 2 N–H and O–H groups in total. The molecule has 0 radical (unpaired) electrons. The lowest BCUT2D eigenvalue weighted by Gasteiger charge is -2.14. The Bertz CT molecular complexity index is 1070. The third-order valence-corrected chi connectivity index (χ3v) is 5.30. The zero-order chi connectivity index (χ0) is 21.3. The van der Waals surface area contributed by atoms with Gasteiger partial charge in [0.25, 0.3) is 5.91 Å². The normalized spacial score (nSPS) is 14.2. The molecule has 154 valence electrons. The van der Waals surface area contributed by atoms with Crippen molar-refractivity contribution in [2.24, 2.45) is 5.92 Å². The highest BCUT2D eigenvalue weighted by Crippen LogP contribution is 2.30. The molecule has 0 aliphatic heterocycles. The second kappa shape index (κ2) is 8.10. The molecule has 1 aliphatic carbocycles. The first-order valence-corrected chi connectivity index (χ1v) is 9.94. The Balaban J connectivity index is 1.42. The first-order valence-electron chi connectivity index (χ1n) is 9.94. The summed E-state index contributed by atoms with van der Waals surface area (Å²) in [5, 5.41) is 10.2. The molecule has 2 aromatic carbocycles. The average molecular weight is 406 g/mol. The van der Waals surface area contributed by atoms with Crippen molar-refractivity contribution in [2.75, 3.05) is 5.32 Å². The molecular weight excluding hydrogens is 383 g/mol. The number of hydrogen-bond donors (Lipinski definition) is 2. The van der Waals surface area contributed by atoms with Crippen LogP contribution in [0.5, 0.6) is 0 Å². The Labute approximate surface area is 174 Å². The van der Waals surface area contributed by atoms with Gasteiger partial charge in [0.2, 0.25) is 5.91 Å². The maximum Gasteiger partial charge on any atom is 0.251 e. The number of nitrogens with zero attached hydrogens (tertiary/aromatic N) is 2. The average Bonchev–Trinajstić information content (AvgIpc) is 3.52. The van der Waals surface area contributed by atoms with E-state index in [4.69, 9.17) is 0 Å². The number of anilines is 1. The lowest BCUT2D eigenvalue weighted by atomic mass is 10.1. The predicted molar refractivity (Wildman–Crippen MR) is 112 cm³/mol. The number of rotatable bonds is 6. The molecule has 1 aromatic heterocycles. The van der Waals surface area contributed by atoms with Gasteiger partial charge in [-0.05, 0) is 75.2 Å². The summed E-state index contributed by atoms with van der Waals surface area (Å²) in [6.07, 6.45) is 3.60. The fourth-order valence-electron chi connectivity index (χ4n) is 3.34. The van der Waals surface area contributed by atoms with Gasteiger partial charge in [0.15, 0.2) is 0 Å². The number of carbonyl (C=O) groups is 2. The minimum Gasteiger partial charge on any atom is -0.345 e. The van der Waals surface area contributed by atoms with Crippen LogP contribution in [0.25, 0.3) is 5.69 Å². The molecule has 2 amide bonds. The summed E-state index contributed by atoms with van der Waals surface area (Å²) in [5.41, 5.74) is 3.69. The summed E-state index contributed by atoms with van der Waals surface area (Å²) in [7, 11) is 0. The largest absolute Gasteiger partial charge is 0.345 e. The third-order valence-electron chi connectivity index (χ3n) is 5.30. The van der Waals surface area contributed by atoms with E-state index in [9.17, 15) is 14.0 Å². The van der Waals surface area contributed by atoms with Gasteiger partial charge in [-0.3, -0.25) is 9.59 Å². The Hall–Kier alpha value is -3.48. The molecular formula is C23H23FN4O2. The number of nitrogens with one attached hydrogen (secondary N) is 2. The highest BCUT2D eigenvalue weighted by Gasteiger charge is 2.29. The van der Waals surface area contributed by atoms with Gasteiger partial charge in [-0.2, -0.15) is 5.10 Å². The Morgan fingerprint density at radius 3 is 2.40 bits per heavy atom. The number of hydrogen-bond acceptors (Lipinski definition) is 3. The second-order valence-corrected chi connectivity index (χ2v) is 7.61. The first kappa shape index (κ1) is 19.8. The minimum atomic E-state index is -0.303. The minimum absolute atomic E-state index is 0.0365. The molecule has 1 heterocycles. The topological polar surface area (TPSA) is 76.0 Å². The lowest BCUT2D eigenvalue weighted by molar-refractivity contribution is -0.117. The first-order chi connectivity index (χ1) is 14.4. The van der Waals surface area contributed by atoms with Crippen molar-refractivity contribution in [3.8, 4) is 5.69 Å². The van der Waals surface area contributed by atoms with Gasteiger partial charge < -0.3 is 10.6 Å². The van der Waals surface area contributed by atoms with E-state index in [0.717, 1.165) is 29.8 Å². The summed E-state index contributed by atoms with van der Waals surface area (Å²) in [6, 6.07) is 12.7. The van der Waals surface area contributed by atoms with E-state index in [0.29, 0.717) is 11.3 Å². The van der Waals surface area contributed by atoms with Crippen molar-refractivity contribution in [1.29, 1.82) is 0 Å². The van der Waals surface area contributed by atoms with Crippen molar-refractivity contribution in [3.63, 3.8) is 0 Å². The van der Waals surface area contributed by atoms with Crippen molar-refractivity contribution >= 4 is 17.5 Å². The van der Waals surface area contributed by atoms with E-state index in [2.05, 4.69) is 15.7 Å². The number of benzene rings is 2. The van der Waals surface area contributed by atoms with Crippen LogP contribution >= 0.6 is 0 Å². The van der Waals surface area contributed by atoms with E-state index < -0.39 is 0 Å². The molecule has 0 saturated heterocycles. The molecule has 0 bridgehead atoms. The van der Waals surface area contributed by atoms with E-state index in [1.807, 2.05) is 13.8 Å². The standard InChI is InChI=1S/C23H23FN4O2/c1-14(21-13-25-28(15(21)2)20-11-7-18(24)8-12-20)26-22(29)17-5-9-19(10-6-17)27-23(30)16-3-4-16/h5-14,16H,3-4H2,1-2H3,(H,26,29)(H,27,30). The molecule has 6 nitrogen and oxygen atoms in total. The van der Waals surface area contributed by atoms with E-state index in [-0.39, 0.29) is 29.6 Å². The monoisotopic (exact) mass is 406 g/mol. The number of carbonyl (C=O) groups excluding carboxylic acids is 2. The van der Waals surface area contributed by atoms with Crippen molar-refractivity contribution in [1.82, 2.24) is 15.1 Å². The molecule has 1 aliphatic rings. The zero-order valence-electron chi connectivity index (χ0n) is 16.9. The van der Waals surface area contributed by atoms with Crippen LogP contribution in [0.3, 0.4) is 0 Å². The van der Waals surface area contributed by atoms with E-state index >= 15 is 0 Å². The maximum atomic E-state index is 13.2. The van der Waals surface area contributed by atoms with Crippen LogP contribution in [0.1, 0.15) is 47.4 Å². The number of amides is 2. The molecule has 30 heavy (non-hydrogen) atoms. The van der Waals surface area contributed by atoms with Gasteiger partial charge >= 0.3 is 0 Å². The molecule has 1 unspecified atom stereocenters. The molecule has 1 fully saturated rings. The van der Waals surface area contributed by atoms with Gasteiger partial charge in [0.05, 0.1) is 17.9 Å². The Morgan fingerprint density at radius 2 is 1.77 bits per heavy atom. The van der Waals surface area contributed by atoms with Gasteiger partial charge in [-0.1, -0.05) is 0 Å². The van der Waals surface area contributed by atoms with Crippen LogP contribution in [-0.4, -0.2) is 21.6 Å². The van der Waals surface area contributed by atoms with E-state index in [1.54, 1.807) is 47.3 Å². The highest BCUT2D eigenvalue weighted by atomic mass is 19.1. The van der Waals surface area contributed by atoms with Crippen LogP contribution < -0.4 is 10.6 Å². The molecule has 7 heteroatoms. The van der Waals surface area contributed by atoms with Crippen LogP contribution in [0.15, 0.2) is 54.7 Å².